The molecule has 3 nitrogen and oxygen atoms in total. The molecule has 1 aromatic carbocycles. The highest BCUT2D eigenvalue weighted by molar-refractivity contribution is 5.41. The zero-order chi connectivity index (χ0) is 14.1. The van der Waals surface area contributed by atoms with Gasteiger partial charge < -0.3 is 10.2 Å². The van der Waals surface area contributed by atoms with Gasteiger partial charge >= 0.3 is 0 Å². The van der Waals surface area contributed by atoms with Crippen LogP contribution in [0.1, 0.15) is 24.5 Å². The van der Waals surface area contributed by atoms with E-state index in [9.17, 15) is 4.39 Å². The third-order valence-electron chi connectivity index (χ3n) is 2.72. The SMILES string of the molecule is CCCN(CCO)Cc1ccc(F)cc1C#CCO. The minimum Gasteiger partial charge on any atom is -0.395 e. The zero-order valence-electron chi connectivity index (χ0n) is 11.2. The predicted octanol–water partition coefficient (Wildman–Crippen LogP) is 1.37. The molecule has 0 unspecified atom stereocenters. The third kappa shape index (κ3) is 5.39. The predicted molar refractivity (Wildman–Crippen MR) is 73.0 cm³/mol. The van der Waals surface area contributed by atoms with Crippen LogP contribution >= 0.6 is 0 Å². The van der Waals surface area contributed by atoms with E-state index in [4.69, 9.17) is 10.2 Å². The largest absolute Gasteiger partial charge is 0.395 e. The number of rotatable bonds is 6. The molecule has 0 aromatic heterocycles. The summed E-state index contributed by atoms with van der Waals surface area (Å²) in [6, 6.07) is 4.49. The molecule has 0 saturated heterocycles. The Hall–Kier alpha value is -1.41. The van der Waals surface area contributed by atoms with Crippen LogP contribution in [0.5, 0.6) is 0 Å². The molecule has 0 spiro atoms. The Morgan fingerprint density at radius 1 is 1.26 bits per heavy atom. The molecule has 104 valence electrons. The monoisotopic (exact) mass is 265 g/mol. The van der Waals surface area contributed by atoms with Gasteiger partial charge in [-0.3, -0.25) is 4.90 Å². The van der Waals surface area contributed by atoms with Crippen molar-refractivity contribution >= 4 is 0 Å². The van der Waals surface area contributed by atoms with Crippen LogP contribution in [-0.4, -0.2) is 41.4 Å². The van der Waals surface area contributed by atoms with Gasteiger partial charge in [0.15, 0.2) is 0 Å². The second-order valence-electron chi connectivity index (χ2n) is 4.26. The molecule has 0 amide bonds. The number of hydrogen-bond donors (Lipinski definition) is 2. The molecular formula is C15H20FNO2. The quantitative estimate of drug-likeness (QED) is 0.764. The Labute approximate surface area is 113 Å². The number of aliphatic hydroxyl groups excluding tert-OH is 2. The first kappa shape index (κ1) is 15.6. The Morgan fingerprint density at radius 3 is 2.68 bits per heavy atom. The van der Waals surface area contributed by atoms with Crippen LogP contribution in [0.2, 0.25) is 0 Å². The van der Waals surface area contributed by atoms with Gasteiger partial charge in [-0.15, -0.1) is 0 Å². The van der Waals surface area contributed by atoms with Crippen LogP contribution in [-0.2, 0) is 6.54 Å². The molecule has 0 aliphatic heterocycles. The second kappa shape index (κ2) is 8.65. The number of benzene rings is 1. The maximum absolute atomic E-state index is 13.2. The maximum atomic E-state index is 13.2. The number of nitrogens with zero attached hydrogens (tertiary/aromatic N) is 1. The molecule has 0 heterocycles. The van der Waals surface area contributed by atoms with Gasteiger partial charge in [-0.1, -0.05) is 24.8 Å². The lowest BCUT2D eigenvalue weighted by Crippen LogP contribution is -2.27. The minimum atomic E-state index is -0.338. The van der Waals surface area contributed by atoms with Crippen molar-refractivity contribution < 1.29 is 14.6 Å². The molecule has 0 bridgehead atoms. The van der Waals surface area contributed by atoms with Gasteiger partial charge in [-0.2, -0.15) is 0 Å². The molecule has 0 radical (unpaired) electrons. The fourth-order valence-corrected chi connectivity index (χ4v) is 1.91. The van der Waals surface area contributed by atoms with Crippen LogP contribution in [0.3, 0.4) is 0 Å². The normalized spacial score (nSPS) is 10.4. The van der Waals surface area contributed by atoms with Crippen molar-refractivity contribution in [1.82, 2.24) is 4.90 Å². The van der Waals surface area contributed by atoms with E-state index in [1.165, 1.54) is 12.1 Å². The number of halogens is 1. The second-order valence-corrected chi connectivity index (χ2v) is 4.26. The Kier molecular flexibility index (Phi) is 7.12. The number of aliphatic hydroxyl groups is 2. The molecule has 0 aliphatic carbocycles. The van der Waals surface area contributed by atoms with Gasteiger partial charge in [0, 0.05) is 18.7 Å². The van der Waals surface area contributed by atoms with Crippen LogP contribution in [0, 0.1) is 17.7 Å². The molecular weight excluding hydrogens is 245 g/mol. The molecule has 0 fully saturated rings. The summed E-state index contributed by atoms with van der Waals surface area (Å²) in [5.74, 6) is 4.97. The lowest BCUT2D eigenvalue weighted by molar-refractivity contribution is 0.190. The Bertz CT molecular complexity index is 445. The average Bonchev–Trinajstić information content (AvgIpc) is 2.39. The molecule has 0 saturated carbocycles. The Balaban J connectivity index is 2.91. The van der Waals surface area contributed by atoms with Crippen molar-refractivity contribution in [2.45, 2.75) is 19.9 Å². The van der Waals surface area contributed by atoms with Crippen LogP contribution in [0.4, 0.5) is 4.39 Å². The van der Waals surface area contributed by atoms with Crippen molar-refractivity contribution in [2.75, 3.05) is 26.3 Å². The van der Waals surface area contributed by atoms with Gasteiger partial charge in [0.25, 0.3) is 0 Å². The standard InChI is InChI=1S/C15H20FNO2/c1-2-7-17(8-10-19)12-14-5-6-15(16)11-13(14)4-3-9-18/h5-6,11,18-19H,2,7-10,12H2,1H3. The summed E-state index contributed by atoms with van der Waals surface area (Å²) in [5, 5.41) is 17.8. The Morgan fingerprint density at radius 2 is 2.05 bits per heavy atom. The highest BCUT2D eigenvalue weighted by Gasteiger charge is 2.08. The molecule has 4 heteroatoms. The van der Waals surface area contributed by atoms with E-state index < -0.39 is 0 Å². The summed E-state index contributed by atoms with van der Waals surface area (Å²) >= 11 is 0. The van der Waals surface area contributed by atoms with Crippen molar-refractivity contribution in [3.8, 4) is 11.8 Å². The van der Waals surface area contributed by atoms with E-state index in [-0.39, 0.29) is 19.0 Å². The molecule has 0 aliphatic rings. The van der Waals surface area contributed by atoms with Crippen LogP contribution < -0.4 is 0 Å². The minimum absolute atomic E-state index is 0.0961. The first-order valence-electron chi connectivity index (χ1n) is 6.42. The highest BCUT2D eigenvalue weighted by Crippen LogP contribution is 2.13. The number of hydrogen-bond acceptors (Lipinski definition) is 3. The van der Waals surface area contributed by atoms with Crippen molar-refractivity contribution in [3.05, 3.63) is 35.1 Å². The van der Waals surface area contributed by atoms with Gasteiger partial charge in [-0.05, 0) is 30.7 Å². The molecule has 1 aromatic rings. The highest BCUT2D eigenvalue weighted by atomic mass is 19.1. The van der Waals surface area contributed by atoms with Gasteiger partial charge in [-0.25, -0.2) is 4.39 Å². The summed E-state index contributed by atoms with van der Waals surface area (Å²) < 4.78 is 13.2. The summed E-state index contributed by atoms with van der Waals surface area (Å²) in [6.45, 7) is 3.98. The fourth-order valence-electron chi connectivity index (χ4n) is 1.91. The summed E-state index contributed by atoms with van der Waals surface area (Å²) in [4.78, 5) is 2.09. The zero-order valence-corrected chi connectivity index (χ0v) is 11.2. The van der Waals surface area contributed by atoms with Gasteiger partial charge in [0.1, 0.15) is 12.4 Å². The first-order valence-corrected chi connectivity index (χ1v) is 6.42. The summed E-state index contributed by atoms with van der Waals surface area (Å²) in [5.41, 5.74) is 1.50. The van der Waals surface area contributed by atoms with E-state index in [1.807, 2.05) is 0 Å². The smallest absolute Gasteiger partial charge is 0.124 e. The van der Waals surface area contributed by atoms with E-state index in [1.54, 1.807) is 6.07 Å². The van der Waals surface area contributed by atoms with E-state index in [2.05, 4.69) is 23.7 Å². The van der Waals surface area contributed by atoms with Crippen LogP contribution in [0.25, 0.3) is 0 Å². The molecule has 1 rings (SSSR count). The molecule has 2 N–H and O–H groups in total. The first-order chi connectivity index (χ1) is 9.21. The van der Waals surface area contributed by atoms with Crippen molar-refractivity contribution in [2.24, 2.45) is 0 Å². The van der Waals surface area contributed by atoms with Gasteiger partial charge in [0.2, 0.25) is 0 Å². The van der Waals surface area contributed by atoms with Crippen LogP contribution in [0.15, 0.2) is 18.2 Å². The third-order valence-corrected chi connectivity index (χ3v) is 2.72. The van der Waals surface area contributed by atoms with E-state index in [0.717, 1.165) is 18.5 Å². The van der Waals surface area contributed by atoms with E-state index >= 15 is 0 Å². The topological polar surface area (TPSA) is 43.7 Å². The summed E-state index contributed by atoms with van der Waals surface area (Å²) in [6.07, 6.45) is 0.985. The van der Waals surface area contributed by atoms with Crippen molar-refractivity contribution in [1.29, 1.82) is 0 Å². The molecule has 19 heavy (non-hydrogen) atoms. The lowest BCUT2D eigenvalue weighted by atomic mass is 10.1. The summed E-state index contributed by atoms with van der Waals surface area (Å²) in [7, 11) is 0. The van der Waals surface area contributed by atoms with E-state index in [0.29, 0.717) is 18.7 Å². The lowest BCUT2D eigenvalue weighted by Gasteiger charge is -2.21. The molecule has 0 atom stereocenters. The maximum Gasteiger partial charge on any atom is 0.124 e. The van der Waals surface area contributed by atoms with Gasteiger partial charge in [0.05, 0.1) is 6.61 Å². The van der Waals surface area contributed by atoms with Crippen molar-refractivity contribution in [3.63, 3.8) is 0 Å². The average molecular weight is 265 g/mol. The fraction of sp³-hybridized carbons (Fsp3) is 0.467.